The van der Waals surface area contributed by atoms with Crippen molar-refractivity contribution in [3.8, 4) is 0 Å². The molecule has 0 radical (unpaired) electrons. The first-order valence-corrected chi connectivity index (χ1v) is 5.17. The molecule has 1 heteroatoms. The fourth-order valence-corrected chi connectivity index (χ4v) is 1.52. The Labute approximate surface area is 76.2 Å². The van der Waals surface area contributed by atoms with Crippen LogP contribution in [0.1, 0.15) is 39.5 Å². The first-order chi connectivity index (χ1) is 5.83. The van der Waals surface area contributed by atoms with Crippen LogP contribution < -0.4 is 5.32 Å². The first kappa shape index (κ1) is 9.79. The highest BCUT2D eigenvalue weighted by Crippen LogP contribution is 2.33. The Kier molecular flexibility index (Phi) is 4.37. The molecule has 1 saturated carbocycles. The van der Waals surface area contributed by atoms with Crippen molar-refractivity contribution in [3.05, 3.63) is 12.2 Å². The van der Waals surface area contributed by atoms with Gasteiger partial charge in [0.1, 0.15) is 0 Å². The van der Waals surface area contributed by atoms with Crippen LogP contribution in [0.15, 0.2) is 12.2 Å². The molecule has 0 aromatic heterocycles. The van der Waals surface area contributed by atoms with Crippen molar-refractivity contribution in [2.24, 2.45) is 5.92 Å². The van der Waals surface area contributed by atoms with Gasteiger partial charge in [0.2, 0.25) is 0 Å². The highest BCUT2D eigenvalue weighted by Gasteiger charge is 2.22. The van der Waals surface area contributed by atoms with Gasteiger partial charge in [-0.1, -0.05) is 25.0 Å². The Bertz CT molecular complexity index is 136. The molecule has 1 rings (SSSR count). The van der Waals surface area contributed by atoms with E-state index >= 15 is 0 Å². The summed E-state index contributed by atoms with van der Waals surface area (Å²) >= 11 is 0. The third kappa shape index (κ3) is 4.55. The fraction of sp³-hybridized carbons (Fsp3) is 0.818. The van der Waals surface area contributed by atoms with Gasteiger partial charge in [0.25, 0.3) is 0 Å². The van der Waals surface area contributed by atoms with Crippen molar-refractivity contribution in [1.29, 1.82) is 0 Å². The van der Waals surface area contributed by atoms with Gasteiger partial charge in [-0.05, 0) is 39.2 Å². The predicted octanol–water partition coefficient (Wildman–Crippen LogP) is 2.73. The number of hydrogen-bond donors (Lipinski definition) is 1. The summed E-state index contributed by atoms with van der Waals surface area (Å²) in [6.07, 6.45) is 9.84. The van der Waals surface area contributed by atoms with Gasteiger partial charge in [0, 0.05) is 6.04 Å². The topological polar surface area (TPSA) is 12.0 Å². The van der Waals surface area contributed by atoms with Crippen LogP contribution in [0.5, 0.6) is 0 Å². The number of rotatable bonds is 6. The van der Waals surface area contributed by atoms with E-state index in [9.17, 15) is 0 Å². The third-order valence-electron chi connectivity index (χ3n) is 2.42. The summed E-state index contributed by atoms with van der Waals surface area (Å²) in [6.45, 7) is 5.51. The number of hydrogen-bond acceptors (Lipinski definition) is 1. The minimum absolute atomic E-state index is 0.725. The van der Waals surface area contributed by atoms with Crippen LogP contribution in [-0.4, -0.2) is 12.6 Å². The van der Waals surface area contributed by atoms with Crippen LogP contribution in [0.3, 0.4) is 0 Å². The quantitative estimate of drug-likeness (QED) is 0.474. The Hall–Kier alpha value is -0.300. The lowest BCUT2D eigenvalue weighted by Gasteiger charge is -2.11. The SMILES string of the molecule is C/C=C/CCNC(C)CC1CC1. The van der Waals surface area contributed by atoms with Gasteiger partial charge in [-0.2, -0.15) is 0 Å². The summed E-state index contributed by atoms with van der Waals surface area (Å²) in [5.74, 6) is 1.05. The minimum Gasteiger partial charge on any atom is -0.314 e. The molecule has 0 bridgehead atoms. The van der Waals surface area contributed by atoms with E-state index in [1.165, 1.54) is 25.7 Å². The molecular weight excluding hydrogens is 146 g/mol. The molecule has 1 aliphatic carbocycles. The maximum absolute atomic E-state index is 3.54. The van der Waals surface area contributed by atoms with Crippen molar-refractivity contribution in [1.82, 2.24) is 5.32 Å². The fourth-order valence-electron chi connectivity index (χ4n) is 1.52. The summed E-state index contributed by atoms with van der Waals surface area (Å²) in [7, 11) is 0. The van der Waals surface area contributed by atoms with Crippen LogP contribution in [0, 0.1) is 5.92 Å². The van der Waals surface area contributed by atoms with E-state index in [1.54, 1.807) is 0 Å². The average molecular weight is 167 g/mol. The molecule has 0 amide bonds. The third-order valence-corrected chi connectivity index (χ3v) is 2.42. The van der Waals surface area contributed by atoms with Crippen molar-refractivity contribution in [2.45, 2.75) is 45.6 Å². The largest absolute Gasteiger partial charge is 0.314 e. The summed E-state index contributed by atoms with van der Waals surface area (Å²) in [4.78, 5) is 0. The van der Waals surface area contributed by atoms with E-state index in [0.717, 1.165) is 18.5 Å². The Morgan fingerprint density at radius 2 is 2.25 bits per heavy atom. The van der Waals surface area contributed by atoms with Crippen LogP contribution in [0.25, 0.3) is 0 Å². The lowest BCUT2D eigenvalue weighted by molar-refractivity contribution is 0.493. The molecule has 0 aliphatic heterocycles. The molecular formula is C11H21N. The van der Waals surface area contributed by atoms with Gasteiger partial charge in [-0.25, -0.2) is 0 Å². The van der Waals surface area contributed by atoms with Crippen molar-refractivity contribution in [2.75, 3.05) is 6.54 Å². The molecule has 12 heavy (non-hydrogen) atoms. The lowest BCUT2D eigenvalue weighted by Crippen LogP contribution is -2.27. The highest BCUT2D eigenvalue weighted by atomic mass is 14.9. The van der Waals surface area contributed by atoms with Crippen molar-refractivity contribution in [3.63, 3.8) is 0 Å². The predicted molar refractivity (Wildman–Crippen MR) is 54.2 cm³/mol. The zero-order chi connectivity index (χ0) is 8.81. The lowest BCUT2D eigenvalue weighted by atomic mass is 10.1. The van der Waals surface area contributed by atoms with Gasteiger partial charge >= 0.3 is 0 Å². The van der Waals surface area contributed by atoms with Gasteiger partial charge in [-0.15, -0.1) is 0 Å². The Balaban J connectivity index is 1.90. The van der Waals surface area contributed by atoms with Crippen LogP contribution >= 0.6 is 0 Å². The van der Waals surface area contributed by atoms with Crippen LogP contribution in [-0.2, 0) is 0 Å². The summed E-state index contributed by atoms with van der Waals surface area (Å²) in [5, 5.41) is 3.54. The van der Waals surface area contributed by atoms with E-state index in [-0.39, 0.29) is 0 Å². The van der Waals surface area contributed by atoms with Crippen LogP contribution in [0.2, 0.25) is 0 Å². The second-order valence-electron chi connectivity index (χ2n) is 3.89. The van der Waals surface area contributed by atoms with Gasteiger partial charge in [0.15, 0.2) is 0 Å². The smallest absolute Gasteiger partial charge is 0.00414 e. The van der Waals surface area contributed by atoms with Crippen molar-refractivity contribution < 1.29 is 0 Å². The number of nitrogens with one attached hydrogen (secondary N) is 1. The minimum atomic E-state index is 0.725. The molecule has 1 N–H and O–H groups in total. The van der Waals surface area contributed by atoms with Crippen molar-refractivity contribution >= 4 is 0 Å². The molecule has 0 spiro atoms. The van der Waals surface area contributed by atoms with Gasteiger partial charge in [-0.3, -0.25) is 0 Å². The van der Waals surface area contributed by atoms with E-state index in [1.807, 2.05) is 0 Å². The standard InChI is InChI=1S/C11H21N/c1-3-4-5-8-12-10(2)9-11-6-7-11/h3-4,10-12H,5-9H2,1-2H3/b4-3+. The van der Waals surface area contributed by atoms with E-state index in [2.05, 4.69) is 31.3 Å². The first-order valence-electron chi connectivity index (χ1n) is 5.17. The van der Waals surface area contributed by atoms with Crippen LogP contribution in [0.4, 0.5) is 0 Å². The number of allylic oxidation sites excluding steroid dienone is 1. The second-order valence-corrected chi connectivity index (χ2v) is 3.89. The molecule has 1 aliphatic rings. The summed E-state index contributed by atoms with van der Waals surface area (Å²) in [5.41, 5.74) is 0. The summed E-state index contributed by atoms with van der Waals surface area (Å²) in [6, 6.07) is 0.725. The second kappa shape index (κ2) is 5.36. The molecule has 0 aromatic carbocycles. The normalized spacial score (nSPS) is 20.2. The molecule has 0 aromatic rings. The molecule has 1 nitrogen and oxygen atoms in total. The molecule has 0 saturated heterocycles. The van der Waals surface area contributed by atoms with E-state index in [0.29, 0.717) is 0 Å². The monoisotopic (exact) mass is 167 g/mol. The van der Waals surface area contributed by atoms with E-state index in [4.69, 9.17) is 0 Å². The molecule has 70 valence electrons. The maximum atomic E-state index is 3.54. The molecule has 0 heterocycles. The molecule has 1 fully saturated rings. The highest BCUT2D eigenvalue weighted by molar-refractivity contribution is 4.80. The Morgan fingerprint density at radius 3 is 2.83 bits per heavy atom. The average Bonchev–Trinajstić information content (AvgIpc) is 2.82. The zero-order valence-electron chi connectivity index (χ0n) is 8.34. The Morgan fingerprint density at radius 1 is 1.50 bits per heavy atom. The van der Waals surface area contributed by atoms with Gasteiger partial charge in [0.05, 0.1) is 0 Å². The zero-order valence-corrected chi connectivity index (χ0v) is 8.34. The maximum Gasteiger partial charge on any atom is 0.00414 e. The molecule has 1 unspecified atom stereocenters. The van der Waals surface area contributed by atoms with E-state index < -0.39 is 0 Å². The van der Waals surface area contributed by atoms with Gasteiger partial charge < -0.3 is 5.32 Å². The molecule has 1 atom stereocenters. The summed E-state index contributed by atoms with van der Waals surface area (Å²) < 4.78 is 0.